The topological polar surface area (TPSA) is 42.4 Å². The summed E-state index contributed by atoms with van der Waals surface area (Å²) in [7, 11) is 0. The molecule has 4 rings (SSSR count). The molecule has 1 unspecified atom stereocenters. The number of hydrogen-bond donors (Lipinski definition) is 0. The molecule has 1 atom stereocenters. The zero-order valence-electron chi connectivity index (χ0n) is 15.3. The van der Waals surface area contributed by atoms with Crippen LogP contribution in [0.3, 0.4) is 0 Å². The number of anilines is 1. The average molecular weight is 417 g/mol. The van der Waals surface area contributed by atoms with Crippen LogP contribution >= 0.6 is 23.1 Å². The first-order chi connectivity index (χ1) is 13.7. The molecule has 0 N–H and O–H groups in total. The number of nitrogens with zero attached hydrogens (tertiary/aromatic N) is 2. The van der Waals surface area contributed by atoms with E-state index in [2.05, 4.69) is 4.98 Å². The lowest BCUT2D eigenvalue weighted by Gasteiger charge is -2.23. The predicted molar refractivity (Wildman–Crippen MR) is 113 cm³/mol. The Morgan fingerprint density at radius 1 is 1.29 bits per heavy atom. The number of aromatic nitrogens is 1. The van der Waals surface area contributed by atoms with E-state index in [-0.39, 0.29) is 17.8 Å². The molecule has 3 aromatic rings. The van der Waals surface area contributed by atoms with Crippen LogP contribution in [0.15, 0.2) is 53.4 Å². The lowest BCUT2D eigenvalue weighted by molar-refractivity contribution is -0.118. The Labute approximate surface area is 171 Å². The Kier molecular flexibility index (Phi) is 6.24. The first-order valence-corrected chi connectivity index (χ1v) is 11.2. The maximum Gasteiger partial charge on any atom is 0.229 e. The van der Waals surface area contributed by atoms with Gasteiger partial charge < -0.3 is 4.74 Å². The highest BCUT2D eigenvalue weighted by Gasteiger charge is 2.26. The first kappa shape index (κ1) is 19.4. The molecule has 1 aromatic heterocycles. The number of fused-ring (bicyclic) bond motifs is 1. The van der Waals surface area contributed by atoms with Crippen LogP contribution in [0.1, 0.15) is 19.3 Å². The predicted octanol–water partition coefficient (Wildman–Crippen LogP) is 5.13. The van der Waals surface area contributed by atoms with Crippen molar-refractivity contribution in [2.45, 2.75) is 30.3 Å². The minimum absolute atomic E-state index is 0.0264. The van der Waals surface area contributed by atoms with Gasteiger partial charge in [-0.1, -0.05) is 29.5 Å². The molecule has 1 amide bonds. The Morgan fingerprint density at radius 2 is 2.14 bits per heavy atom. The fourth-order valence-corrected chi connectivity index (χ4v) is 5.07. The highest BCUT2D eigenvalue weighted by molar-refractivity contribution is 7.99. The summed E-state index contributed by atoms with van der Waals surface area (Å²) in [6.45, 7) is 1.23. The van der Waals surface area contributed by atoms with E-state index in [1.165, 1.54) is 23.5 Å². The zero-order chi connectivity index (χ0) is 19.3. The van der Waals surface area contributed by atoms with Crippen molar-refractivity contribution in [1.82, 2.24) is 4.98 Å². The van der Waals surface area contributed by atoms with Crippen LogP contribution < -0.4 is 4.90 Å². The summed E-state index contributed by atoms with van der Waals surface area (Å²) in [5, 5.41) is 0.616. The third kappa shape index (κ3) is 4.71. The Bertz CT molecular complexity index is 942. The molecule has 0 radical (unpaired) electrons. The van der Waals surface area contributed by atoms with Crippen molar-refractivity contribution in [1.29, 1.82) is 0 Å². The van der Waals surface area contributed by atoms with Gasteiger partial charge >= 0.3 is 0 Å². The van der Waals surface area contributed by atoms with Crippen molar-refractivity contribution in [2.24, 2.45) is 0 Å². The number of rotatable bonds is 7. The van der Waals surface area contributed by atoms with Gasteiger partial charge in [0.1, 0.15) is 5.82 Å². The van der Waals surface area contributed by atoms with E-state index in [0.717, 1.165) is 29.0 Å². The number of amides is 1. The molecular weight excluding hydrogens is 395 g/mol. The van der Waals surface area contributed by atoms with Crippen LogP contribution in [-0.4, -0.2) is 35.9 Å². The van der Waals surface area contributed by atoms with E-state index in [9.17, 15) is 9.18 Å². The second-order valence-electron chi connectivity index (χ2n) is 6.66. The Morgan fingerprint density at radius 3 is 2.93 bits per heavy atom. The Hall–Kier alpha value is -1.96. The maximum absolute atomic E-state index is 13.5. The summed E-state index contributed by atoms with van der Waals surface area (Å²) in [5.74, 6) is 0.433. The smallest absolute Gasteiger partial charge is 0.229 e. The molecule has 1 saturated heterocycles. The first-order valence-electron chi connectivity index (χ1n) is 9.35. The minimum Gasteiger partial charge on any atom is -0.376 e. The van der Waals surface area contributed by atoms with Crippen LogP contribution in [0.25, 0.3) is 10.2 Å². The second-order valence-corrected chi connectivity index (χ2v) is 8.84. The normalized spacial score (nSPS) is 16.5. The largest absolute Gasteiger partial charge is 0.376 e. The lowest BCUT2D eigenvalue weighted by Crippen LogP contribution is -2.37. The minimum atomic E-state index is -0.293. The SMILES string of the molecule is O=C(CCSc1ccccc1)N(CC1CCCO1)c1nc2ccc(F)cc2s1. The monoisotopic (exact) mass is 416 g/mol. The molecule has 146 valence electrons. The van der Waals surface area contributed by atoms with Gasteiger partial charge in [-0.25, -0.2) is 9.37 Å². The summed E-state index contributed by atoms with van der Waals surface area (Å²) in [6.07, 6.45) is 2.41. The molecule has 0 spiro atoms. The van der Waals surface area contributed by atoms with E-state index >= 15 is 0 Å². The standard InChI is InChI=1S/C21H21FN2O2S2/c22-15-8-9-18-19(13-15)28-21(23-18)24(14-16-5-4-11-26-16)20(25)10-12-27-17-6-2-1-3-7-17/h1-3,6-9,13,16H,4-5,10-12,14H2. The average Bonchev–Trinajstić information content (AvgIpc) is 3.36. The molecule has 28 heavy (non-hydrogen) atoms. The van der Waals surface area contributed by atoms with Gasteiger partial charge in [-0.05, 0) is 43.2 Å². The van der Waals surface area contributed by atoms with Gasteiger partial charge in [-0.15, -0.1) is 11.8 Å². The number of benzene rings is 2. The van der Waals surface area contributed by atoms with Crippen LogP contribution in [0.4, 0.5) is 9.52 Å². The molecule has 2 heterocycles. The summed E-state index contributed by atoms with van der Waals surface area (Å²) < 4.78 is 20.0. The molecule has 1 fully saturated rings. The van der Waals surface area contributed by atoms with Gasteiger partial charge in [0, 0.05) is 23.7 Å². The van der Waals surface area contributed by atoms with Crippen LogP contribution in [0, 0.1) is 5.82 Å². The van der Waals surface area contributed by atoms with Crippen molar-refractivity contribution in [3.05, 3.63) is 54.3 Å². The summed E-state index contributed by atoms with van der Waals surface area (Å²) in [4.78, 5) is 20.5. The molecule has 0 saturated carbocycles. The van der Waals surface area contributed by atoms with Gasteiger partial charge in [0.25, 0.3) is 0 Å². The van der Waals surface area contributed by atoms with Gasteiger partial charge in [0.15, 0.2) is 5.13 Å². The molecule has 1 aliphatic rings. The van der Waals surface area contributed by atoms with Crippen LogP contribution in [0.5, 0.6) is 0 Å². The highest BCUT2D eigenvalue weighted by atomic mass is 32.2. The molecule has 7 heteroatoms. The number of halogens is 1. The van der Waals surface area contributed by atoms with Crippen molar-refractivity contribution in [3.8, 4) is 0 Å². The van der Waals surface area contributed by atoms with E-state index in [1.807, 2.05) is 30.3 Å². The summed E-state index contributed by atoms with van der Waals surface area (Å²) in [5.41, 5.74) is 0.713. The van der Waals surface area contributed by atoms with E-state index in [4.69, 9.17) is 4.74 Å². The molecule has 2 aromatic carbocycles. The van der Waals surface area contributed by atoms with E-state index in [0.29, 0.717) is 29.4 Å². The number of carbonyl (C=O) groups excluding carboxylic acids is 1. The van der Waals surface area contributed by atoms with Crippen molar-refractivity contribution in [3.63, 3.8) is 0 Å². The fraction of sp³-hybridized carbons (Fsp3) is 0.333. The van der Waals surface area contributed by atoms with Crippen LogP contribution in [-0.2, 0) is 9.53 Å². The van der Waals surface area contributed by atoms with Gasteiger partial charge in [0.2, 0.25) is 5.91 Å². The number of carbonyl (C=O) groups is 1. The third-order valence-corrected chi connectivity index (χ3v) is 6.66. The molecule has 0 bridgehead atoms. The number of ether oxygens (including phenoxy) is 1. The quantitative estimate of drug-likeness (QED) is 0.501. The number of hydrogen-bond acceptors (Lipinski definition) is 5. The molecular formula is C21H21FN2O2S2. The molecule has 0 aliphatic carbocycles. The molecule has 1 aliphatic heterocycles. The third-order valence-electron chi connectivity index (χ3n) is 4.61. The van der Waals surface area contributed by atoms with Gasteiger partial charge in [0.05, 0.1) is 22.9 Å². The van der Waals surface area contributed by atoms with Crippen molar-refractivity contribution >= 4 is 44.4 Å². The van der Waals surface area contributed by atoms with Crippen molar-refractivity contribution in [2.75, 3.05) is 23.8 Å². The van der Waals surface area contributed by atoms with E-state index < -0.39 is 0 Å². The summed E-state index contributed by atoms with van der Waals surface area (Å²) in [6, 6.07) is 14.6. The second kappa shape index (κ2) is 9.03. The van der Waals surface area contributed by atoms with Gasteiger partial charge in [-0.3, -0.25) is 9.69 Å². The fourth-order valence-electron chi connectivity index (χ4n) is 3.19. The number of thioether (sulfide) groups is 1. The maximum atomic E-state index is 13.5. The molecule has 4 nitrogen and oxygen atoms in total. The lowest BCUT2D eigenvalue weighted by atomic mass is 10.2. The van der Waals surface area contributed by atoms with Crippen molar-refractivity contribution < 1.29 is 13.9 Å². The Balaban J connectivity index is 1.49. The zero-order valence-corrected chi connectivity index (χ0v) is 17.0. The highest BCUT2D eigenvalue weighted by Crippen LogP contribution is 2.31. The van der Waals surface area contributed by atoms with Crippen LogP contribution in [0.2, 0.25) is 0 Å². The van der Waals surface area contributed by atoms with E-state index in [1.54, 1.807) is 22.7 Å². The van der Waals surface area contributed by atoms with Gasteiger partial charge in [-0.2, -0.15) is 0 Å². The number of thiazole rings is 1. The summed E-state index contributed by atoms with van der Waals surface area (Å²) >= 11 is 3.02.